The lowest BCUT2D eigenvalue weighted by Crippen LogP contribution is -2.82. The molecule has 2 saturated heterocycles. The van der Waals surface area contributed by atoms with Crippen molar-refractivity contribution in [3.63, 3.8) is 0 Å². The molecule has 15 heteroatoms. The number of anilines is 1. The fraction of sp³-hybridized carbons (Fsp3) is 0.518. The Kier molecular flexibility index (Phi) is 11.5. The molecule has 5 aliphatic heterocycles. The van der Waals surface area contributed by atoms with Gasteiger partial charge < -0.3 is 49.7 Å². The number of nitrogens with zero attached hydrogens (tertiary/aromatic N) is 3. The van der Waals surface area contributed by atoms with Crippen molar-refractivity contribution >= 4 is 45.3 Å². The maximum absolute atomic E-state index is 15.7. The van der Waals surface area contributed by atoms with Crippen LogP contribution in [0.1, 0.15) is 80.8 Å². The summed E-state index contributed by atoms with van der Waals surface area (Å²) in [7, 11) is 4.88. The highest BCUT2D eigenvalue weighted by atomic mass is 16.5. The standard InChI is InChI=1S/C56H68N6O9/c1-7-52(67)28-33-29-55(51(66)70-6,45-37(19-23-61(31-33)32-52)36-16-11-13-18-41(36)58-45)39-26-38-43(27-44(39)69-5)60(4)48-54(38)21-24-62-22-14-20-53(8-2,47(54)62)49(64)56(48,68)50(65)59-42(46(63)71-9-3)25-34-30-57-40-17-12-10-15-35(34)40/h10-18,20,26-27,30,33,42,47-49,57-58,64,67-68H,7-9,19,21-25,28-29,31-32H2,1-6H3,(H,59,65)/t33?,42?,47?,48?,49?,52-,53+,54+,55-,56-/m0/s1. The number of esters is 2. The number of benzene rings is 3. The number of carbonyl (C=O) groups excluding carboxylic acids is 3. The van der Waals surface area contributed by atoms with Gasteiger partial charge >= 0.3 is 11.9 Å². The van der Waals surface area contributed by atoms with Crippen LogP contribution in [0.25, 0.3) is 21.8 Å². The lowest BCUT2D eigenvalue weighted by molar-refractivity contribution is -0.204. The van der Waals surface area contributed by atoms with Crippen LogP contribution in [-0.4, -0.2) is 149 Å². The molecular weight excluding hydrogens is 901 g/mol. The number of piperidine rings is 1. The second-order valence-corrected chi connectivity index (χ2v) is 21.5. The summed E-state index contributed by atoms with van der Waals surface area (Å²) in [6.07, 6.45) is 7.17. The number of fused-ring (bicyclic) bond motifs is 7. The van der Waals surface area contributed by atoms with Gasteiger partial charge in [0.15, 0.2) is 5.60 Å². The van der Waals surface area contributed by atoms with Crippen LogP contribution >= 0.6 is 0 Å². The third-order valence-corrected chi connectivity index (χ3v) is 18.2. The molecule has 15 nitrogen and oxygen atoms in total. The van der Waals surface area contributed by atoms with E-state index in [4.69, 9.17) is 14.2 Å². The van der Waals surface area contributed by atoms with Crippen molar-refractivity contribution in [2.75, 3.05) is 65.5 Å². The molecule has 6 N–H and O–H groups in total. The predicted molar refractivity (Wildman–Crippen MR) is 269 cm³/mol. The highest BCUT2D eigenvalue weighted by molar-refractivity contribution is 5.96. The first kappa shape index (κ1) is 47.6. The number of hydrogen-bond acceptors (Lipinski definition) is 12. The third kappa shape index (κ3) is 6.68. The summed E-state index contributed by atoms with van der Waals surface area (Å²) in [4.78, 5) is 58.9. The van der Waals surface area contributed by atoms with Crippen molar-refractivity contribution in [1.82, 2.24) is 25.1 Å². The summed E-state index contributed by atoms with van der Waals surface area (Å²) in [6, 6.07) is 17.2. The highest BCUT2D eigenvalue weighted by Gasteiger charge is 2.79. The van der Waals surface area contributed by atoms with Crippen LogP contribution in [0, 0.1) is 11.3 Å². The van der Waals surface area contributed by atoms with Gasteiger partial charge in [-0.3, -0.25) is 19.4 Å². The monoisotopic (exact) mass is 969 g/mol. The summed E-state index contributed by atoms with van der Waals surface area (Å²) in [5.74, 6) is -1.70. The Morgan fingerprint density at radius 2 is 1.69 bits per heavy atom. The van der Waals surface area contributed by atoms with Gasteiger partial charge in [0.1, 0.15) is 23.3 Å². The topological polar surface area (TPSA) is 193 Å². The Hall–Kier alpha value is -5.71. The van der Waals surface area contributed by atoms with Crippen molar-refractivity contribution in [2.45, 2.75) is 112 Å². The molecular formula is C56H68N6O9. The van der Waals surface area contributed by atoms with E-state index in [9.17, 15) is 20.1 Å². The van der Waals surface area contributed by atoms with Gasteiger partial charge in [-0.2, -0.15) is 0 Å². The van der Waals surface area contributed by atoms with E-state index >= 15 is 9.59 Å². The largest absolute Gasteiger partial charge is 0.496 e. The third-order valence-electron chi connectivity index (χ3n) is 18.2. The van der Waals surface area contributed by atoms with Gasteiger partial charge in [0.2, 0.25) is 0 Å². The molecule has 376 valence electrons. The maximum atomic E-state index is 15.7. The number of likely N-dealkylation sites (N-methyl/N-ethyl adjacent to an activating group) is 1. The van der Waals surface area contributed by atoms with Crippen LogP contribution in [0.3, 0.4) is 0 Å². The van der Waals surface area contributed by atoms with Crippen LogP contribution in [-0.2, 0) is 47.5 Å². The number of methoxy groups -OCH3 is 2. The van der Waals surface area contributed by atoms with Crippen molar-refractivity contribution < 1.29 is 43.9 Å². The zero-order valence-electron chi connectivity index (χ0n) is 41.7. The molecule has 1 saturated carbocycles. The molecule has 2 aromatic heterocycles. The molecule has 1 aliphatic carbocycles. The molecule has 7 heterocycles. The molecule has 3 fully saturated rings. The Morgan fingerprint density at radius 1 is 0.930 bits per heavy atom. The van der Waals surface area contributed by atoms with Crippen LogP contribution < -0.4 is 15.0 Å². The first-order valence-electron chi connectivity index (χ1n) is 25.6. The summed E-state index contributed by atoms with van der Waals surface area (Å²) in [5, 5.41) is 44.0. The summed E-state index contributed by atoms with van der Waals surface area (Å²) < 4.78 is 18.0. The number of aromatic amines is 2. The van der Waals surface area contributed by atoms with E-state index in [0.717, 1.165) is 44.2 Å². The molecule has 3 aromatic carbocycles. The number of ether oxygens (including phenoxy) is 3. The van der Waals surface area contributed by atoms with Gasteiger partial charge in [-0.05, 0) is 92.8 Å². The van der Waals surface area contributed by atoms with E-state index in [2.05, 4.69) is 37.2 Å². The van der Waals surface area contributed by atoms with Gasteiger partial charge in [0, 0.05) is 108 Å². The van der Waals surface area contributed by atoms with E-state index in [1.165, 1.54) is 7.11 Å². The number of carbonyl (C=O) groups is 3. The Morgan fingerprint density at radius 3 is 2.42 bits per heavy atom. The van der Waals surface area contributed by atoms with Crippen molar-refractivity contribution in [3.05, 3.63) is 107 Å². The van der Waals surface area contributed by atoms with E-state index in [1.807, 2.05) is 92.7 Å². The normalized spacial score (nSPS) is 33.3. The van der Waals surface area contributed by atoms with Crippen molar-refractivity contribution in [1.29, 1.82) is 0 Å². The number of para-hydroxylation sites is 2. The smallest absolute Gasteiger partial charge is 0.328 e. The second-order valence-electron chi connectivity index (χ2n) is 21.5. The lowest BCUT2D eigenvalue weighted by atomic mass is 9.47. The van der Waals surface area contributed by atoms with E-state index in [1.54, 1.807) is 14.0 Å². The number of aliphatic hydroxyl groups is 3. The molecule has 11 atom stereocenters. The molecule has 1 spiro atoms. The fourth-order valence-corrected chi connectivity index (χ4v) is 15.3. The number of hydrogen-bond donors (Lipinski definition) is 6. The maximum Gasteiger partial charge on any atom is 0.328 e. The van der Waals surface area contributed by atoms with E-state index in [-0.39, 0.29) is 25.0 Å². The molecule has 0 radical (unpaired) electrons. The molecule has 1 amide bonds. The predicted octanol–water partition coefficient (Wildman–Crippen LogP) is 5.02. The van der Waals surface area contributed by atoms with Gasteiger partial charge in [-0.25, -0.2) is 4.79 Å². The first-order valence-corrected chi connectivity index (χ1v) is 25.6. The fourth-order valence-electron chi connectivity index (χ4n) is 15.3. The molecule has 6 unspecified atom stereocenters. The minimum atomic E-state index is -2.50. The minimum Gasteiger partial charge on any atom is -0.496 e. The van der Waals surface area contributed by atoms with Gasteiger partial charge in [0.05, 0.1) is 32.5 Å². The quantitative estimate of drug-likeness (QED) is 0.0767. The number of aliphatic hydroxyl groups excluding tert-OH is 1. The van der Waals surface area contributed by atoms with Gasteiger partial charge in [-0.1, -0.05) is 62.4 Å². The number of H-pyrrole nitrogens is 2. The van der Waals surface area contributed by atoms with E-state index < -0.39 is 63.5 Å². The molecule has 6 aliphatic rings. The summed E-state index contributed by atoms with van der Waals surface area (Å²) >= 11 is 0. The van der Waals surface area contributed by atoms with Crippen LogP contribution in [0.5, 0.6) is 5.75 Å². The molecule has 11 rings (SSSR count). The summed E-state index contributed by atoms with van der Waals surface area (Å²) in [5.41, 5.74) is -0.692. The van der Waals surface area contributed by atoms with E-state index in [0.29, 0.717) is 88.2 Å². The average molecular weight is 969 g/mol. The number of nitrogens with one attached hydrogen (secondary N) is 3. The number of amides is 1. The molecule has 2 bridgehead atoms. The van der Waals surface area contributed by atoms with Crippen molar-refractivity contribution in [3.8, 4) is 5.75 Å². The number of aromatic nitrogens is 2. The summed E-state index contributed by atoms with van der Waals surface area (Å²) in [6.45, 7) is 8.93. The second kappa shape index (κ2) is 17.2. The zero-order chi connectivity index (χ0) is 49.8. The SMILES string of the molecule is CCOC(=O)C(Cc1c[nH]c2ccccc12)NC(=O)[C@@]1(O)C(O)[C@]2(CC)C=CCN3CC[C@@]4(c5cc([C@@]6(C(=O)OC)CC7CN(CCc8c6[nH]c6ccccc86)C[C@](O)(CC)C7)c(OC)cc5N(C)C14)C32. The first-order chi connectivity index (χ1) is 34.2. The van der Waals surface area contributed by atoms with Crippen molar-refractivity contribution in [2.24, 2.45) is 11.3 Å². The van der Waals surface area contributed by atoms with Gasteiger partial charge in [-0.15, -0.1) is 0 Å². The molecule has 71 heavy (non-hydrogen) atoms. The van der Waals surface area contributed by atoms with Gasteiger partial charge in [0.25, 0.3) is 5.91 Å². The van der Waals surface area contributed by atoms with Crippen LogP contribution in [0.4, 0.5) is 5.69 Å². The highest BCUT2D eigenvalue weighted by Crippen LogP contribution is 2.67. The lowest BCUT2D eigenvalue weighted by Gasteiger charge is -2.63. The zero-order valence-corrected chi connectivity index (χ0v) is 41.7. The van der Waals surface area contributed by atoms with Crippen LogP contribution in [0.15, 0.2) is 79.0 Å². The Labute approximate surface area is 414 Å². The Balaban J connectivity index is 1.12. The minimum absolute atomic E-state index is 0.0716. The van der Waals surface area contributed by atoms with Crippen LogP contribution in [0.2, 0.25) is 0 Å². The average Bonchev–Trinajstić information content (AvgIpc) is 4.15. The Bertz CT molecular complexity index is 2970. The number of rotatable bonds is 11. The molecule has 5 aromatic rings.